The van der Waals surface area contributed by atoms with Crippen LogP contribution in [-0.4, -0.2) is 5.78 Å². The minimum atomic E-state index is -0.655. The van der Waals surface area contributed by atoms with E-state index in [1.54, 1.807) is 0 Å². The van der Waals surface area contributed by atoms with E-state index in [0.29, 0.717) is 5.56 Å². The van der Waals surface area contributed by atoms with Gasteiger partial charge in [0.2, 0.25) is 0 Å². The molecule has 86 valence electrons. The number of Topliss-reactive ketones (excluding diaryl/α,β-unsaturated/α-hetero) is 1. The molecule has 0 saturated carbocycles. The van der Waals surface area contributed by atoms with Crippen molar-refractivity contribution in [3.05, 3.63) is 47.5 Å². The summed E-state index contributed by atoms with van der Waals surface area (Å²) in [5.41, 5.74) is 1.20. The van der Waals surface area contributed by atoms with Crippen LogP contribution in [0.3, 0.4) is 0 Å². The lowest BCUT2D eigenvalue weighted by Crippen LogP contribution is -2.04. The summed E-state index contributed by atoms with van der Waals surface area (Å²) in [6, 6.07) is 3.14. The Morgan fingerprint density at radius 2 is 1.81 bits per heavy atom. The highest BCUT2D eigenvalue weighted by atomic mass is 19.1. The van der Waals surface area contributed by atoms with Crippen LogP contribution < -0.4 is 0 Å². The maximum Gasteiger partial charge on any atom is 0.141 e. The summed E-state index contributed by atoms with van der Waals surface area (Å²) >= 11 is 0. The van der Waals surface area contributed by atoms with E-state index in [2.05, 4.69) is 6.58 Å². The van der Waals surface area contributed by atoms with Crippen LogP contribution in [0.5, 0.6) is 0 Å². The van der Waals surface area contributed by atoms with E-state index in [0.717, 1.165) is 18.1 Å². The number of benzene rings is 1. The topological polar surface area (TPSA) is 17.1 Å². The van der Waals surface area contributed by atoms with E-state index in [4.69, 9.17) is 0 Å². The number of hydrogen-bond donors (Lipinski definition) is 0. The Bertz CT molecular complexity index is 390. The van der Waals surface area contributed by atoms with E-state index in [1.807, 2.05) is 6.92 Å². The second kappa shape index (κ2) is 5.54. The zero-order chi connectivity index (χ0) is 12.1. The van der Waals surface area contributed by atoms with Crippen LogP contribution in [0.2, 0.25) is 0 Å². The highest BCUT2D eigenvalue weighted by Gasteiger charge is 2.07. The zero-order valence-electron chi connectivity index (χ0n) is 9.22. The van der Waals surface area contributed by atoms with Crippen LogP contribution in [0.15, 0.2) is 30.4 Å². The number of ketones is 1. The Kier molecular flexibility index (Phi) is 4.35. The Morgan fingerprint density at radius 3 is 2.31 bits per heavy atom. The summed E-state index contributed by atoms with van der Waals surface area (Å²) in [6.45, 7) is 5.64. The lowest BCUT2D eigenvalue weighted by molar-refractivity contribution is -0.117. The van der Waals surface area contributed by atoms with Gasteiger partial charge >= 0.3 is 0 Å². The summed E-state index contributed by atoms with van der Waals surface area (Å²) in [7, 11) is 0. The molecule has 0 unspecified atom stereocenters. The van der Waals surface area contributed by atoms with Crippen molar-refractivity contribution in [1.29, 1.82) is 0 Å². The van der Waals surface area contributed by atoms with E-state index in [1.165, 1.54) is 12.1 Å². The summed E-state index contributed by atoms with van der Waals surface area (Å²) in [5.74, 6) is -1.38. The summed E-state index contributed by atoms with van der Waals surface area (Å²) in [6.07, 6.45) is 1.06. The van der Waals surface area contributed by atoms with Crippen LogP contribution in [0.1, 0.15) is 25.3 Å². The number of carbonyl (C=O) groups is 1. The fraction of sp³-hybridized carbons (Fsp3) is 0.308. The lowest BCUT2D eigenvalue weighted by Gasteiger charge is -2.03. The molecule has 0 fully saturated rings. The normalized spacial score (nSPS) is 10.2. The minimum Gasteiger partial charge on any atom is -0.299 e. The third-order valence-electron chi connectivity index (χ3n) is 2.27. The van der Waals surface area contributed by atoms with E-state index >= 15 is 0 Å². The van der Waals surface area contributed by atoms with Crippen LogP contribution in [0, 0.1) is 11.6 Å². The third-order valence-corrected chi connectivity index (χ3v) is 2.27. The molecule has 0 heterocycles. The number of carbonyl (C=O) groups excluding carboxylic acids is 1. The van der Waals surface area contributed by atoms with Gasteiger partial charge in [-0.15, -0.1) is 0 Å². The van der Waals surface area contributed by atoms with E-state index in [9.17, 15) is 13.6 Å². The third kappa shape index (κ3) is 3.93. The monoisotopic (exact) mass is 224 g/mol. The molecule has 0 amide bonds. The van der Waals surface area contributed by atoms with Crippen LogP contribution >= 0.6 is 0 Å². The molecule has 1 aromatic carbocycles. The van der Waals surface area contributed by atoms with E-state index in [-0.39, 0.29) is 18.6 Å². The Hall–Kier alpha value is -1.51. The average Bonchev–Trinajstić information content (AvgIpc) is 2.15. The van der Waals surface area contributed by atoms with Gasteiger partial charge in [0.1, 0.15) is 17.4 Å². The molecule has 0 saturated heterocycles. The molecule has 0 radical (unpaired) electrons. The average molecular weight is 224 g/mol. The van der Waals surface area contributed by atoms with Gasteiger partial charge in [0.25, 0.3) is 0 Å². The molecule has 0 aliphatic carbocycles. The highest BCUT2D eigenvalue weighted by Crippen LogP contribution is 2.11. The number of allylic oxidation sites excluding steroid dienone is 1. The first-order chi connectivity index (χ1) is 7.51. The molecule has 0 aliphatic rings. The fourth-order valence-corrected chi connectivity index (χ4v) is 1.41. The molecule has 1 nitrogen and oxygen atoms in total. The predicted octanol–water partition coefficient (Wildman–Crippen LogP) is 3.43. The molecule has 0 aliphatic heterocycles. The molecule has 1 aromatic rings. The Balaban J connectivity index is 2.66. The molecule has 0 N–H and O–H groups in total. The van der Waals surface area contributed by atoms with Gasteiger partial charge in [0.15, 0.2) is 0 Å². The van der Waals surface area contributed by atoms with Gasteiger partial charge < -0.3 is 0 Å². The smallest absolute Gasteiger partial charge is 0.141 e. The summed E-state index contributed by atoms with van der Waals surface area (Å²) < 4.78 is 25.7. The van der Waals surface area contributed by atoms with Gasteiger partial charge in [-0.2, -0.15) is 0 Å². The standard InChI is InChI=1S/C13H14F2O/c1-3-9(2)4-13(16)7-10-5-11(14)8-12(15)6-10/h5-6,8H,2-4,7H2,1H3. The summed E-state index contributed by atoms with van der Waals surface area (Å²) in [4.78, 5) is 11.5. The maximum atomic E-state index is 12.8. The molecule has 0 spiro atoms. The van der Waals surface area contributed by atoms with Gasteiger partial charge in [-0.25, -0.2) is 8.78 Å². The zero-order valence-corrected chi connectivity index (χ0v) is 9.22. The van der Waals surface area contributed by atoms with Gasteiger partial charge in [-0.3, -0.25) is 4.79 Å². The molecule has 3 heteroatoms. The molecule has 16 heavy (non-hydrogen) atoms. The fourth-order valence-electron chi connectivity index (χ4n) is 1.41. The molecule has 0 aromatic heterocycles. The van der Waals surface area contributed by atoms with Gasteiger partial charge in [0, 0.05) is 18.9 Å². The predicted molar refractivity (Wildman–Crippen MR) is 59.1 cm³/mol. The molecular weight excluding hydrogens is 210 g/mol. The molecule has 1 rings (SSSR count). The van der Waals surface area contributed by atoms with Crippen molar-refractivity contribution in [3.8, 4) is 0 Å². The Labute approximate surface area is 93.8 Å². The van der Waals surface area contributed by atoms with Crippen molar-refractivity contribution < 1.29 is 13.6 Å². The minimum absolute atomic E-state index is 0.0493. The first kappa shape index (κ1) is 12.6. The highest BCUT2D eigenvalue weighted by molar-refractivity contribution is 5.82. The van der Waals surface area contributed by atoms with E-state index < -0.39 is 11.6 Å². The quantitative estimate of drug-likeness (QED) is 0.700. The van der Waals surface area contributed by atoms with Crippen molar-refractivity contribution in [1.82, 2.24) is 0 Å². The summed E-state index contributed by atoms with van der Waals surface area (Å²) in [5, 5.41) is 0. The first-order valence-electron chi connectivity index (χ1n) is 5.14. The second-order valence-corrected chi connectivity index (χ2v) is 3.77. The van der Waals surface area contributed by atoms with Crippen molar-refractivity contribution in [2.75, 3.05) is 0 Å². The van der Waals surface area contributed by atoms with Crippen molar-refractivity contribution in [2.24, 2.45) is 0 Å². The number of rotatable bonds is 5. The number of halogens is 2. The molecule has 0 bridgehead atoms. The Morgan fingerprint density at radius 1 is 1.25 bits per heavy atom. The van der Waals surface area contributed by atoms with Gasteiger partial charge in [-0.05, 0) is 24.1 Å². The molecule has 0 atom stereocenters. The van der Waals surface area contributed by atoms with Gasteiger partial charge in [0.05, 0.1) is 0 Å². The van der Waals surface area contributed by atoms with Crippen LogP contribution in [0.4, 0.5) is 8.78 Å². The van der Waals surface area contributed by atoms with Crippen LogP contribution in [-0.2, 0) is 11.2 Å². The van der Waals surface area contributed by atoms with Gasteiger partial charge in [-0.1, -0.05) is 19.1 Å². The maximum absolute atomic E-state index is 12.8. The SMILES string of the molecule is C=C(CC)CC(=O)Cc1cc(F)cc(F)c1. The largest absolute Gasteiger partial charge is 0.299 e. The second-order valence-electron chi connectivity index (χ2n) is 3.77. The molecular formula is C13H14F2O. The first-order valence-corrected chi connectivity index (χ1v) is 5.14. The van der Waals surface area contributed by atoms with Crippen molar-refractivity contribution >= 4 is 5.78 Å². The lowest BCUT2D eigenvalue weighted by atomic mass is 10.0. The van der Waals surface area contributed by atoms with Crippen molar-refractivity contribution in [2.45, 2.75) is 26.2 Å². The number of hydrogen-bond acceptors (Lipinski definition) is 1. The van der Waals surface area contributed by atoms with Crippen LogP contribution in [0.25, 0.3) is 0 Å². The van der Waals surface area contributed by atoms with Crippen molar-refractivity contribution in [3.63, 3.8) is 0 Å².